The molecule has 20 heavy (non-hydrogen) atoms. The zero-order valence-corrected chi connectivity index (χ0v) is 14.2. The van der Waals surface area contributed by atoms with Gasteiger partial charge in [0.05, 0.1) is 5.92 Å². The van der Waals surface area contributed by atoms with Crippen molar-refractivity contribution in [2.24, 2.45) is 11.7 Å². The molecule has 3 N–H and O–H groups in total. The summed E-state index contributed by atoms with van der Waals surface area (Å²) in [5, 5.41) is 3.16. The topological polar surface area (TPSA) is 58.4 Å². The Morgan fingerprint density at radius 2 is 1.80 bits per heavy atom. The highest BCUT2D eigenvalue weighted by Gasteiger charge is 2.37. The molecule has 0 heterocycles. The van der Waals surface area contributed by atoms with E-state index in [0.717, 1.165) is 25.8 Å². The number of rotatable bonds is 4. The first-order valence-corrected chi connectivity index (χ1v) is 7.26. The van der Waals surface area contributed by atoms with Gasteiger partial charge >= 0.3 is 0 Å². The number of carbonyl (C=O) groups is 1. The molecule has 0 bridgehead atoms. The fraction of sp³-hybridized carbons (Fsp3) is 0.929. The lowest BCUT2D eigenvalue weighted by Gasteiger charge is -2.37. The van der Waals surface area contributed by atoms with Crippen LogP contribution in [0.25, 0.3) is 0 Å². The third-order valence-electron chi connectivity index (χ3n) is 4.98. The Kier molecular flexibility index (Phi) is 8.41. The van der Waals surface area contributed by atoms with E-state index >= 15 is 0 Å². The maximum absolute atomic E-state index is 12.2. The summed E-state index contributed by atoms with van der Waals surface area (Å²) in [4.78, 5) is 14.5. The largest absolute Gasteiger partial charge is 0.354 e. The van der Waals surface area contributed by atoms with Crippen LogP contribution in [0, 0.1) is 5.92 Å². The Labute approximate surface area is 135 Å². The van der Waals surface area contributed by atoms with Crippen LogP contribution in [0.2, 0.25) is 0 Å². The molecular formula is C14H29Cl2N3O. The van der Waals surface area contributed by atoms with Crippen molar-refractivity contribution >= 4 is 30.7 Å². The molecule has 2 rings (SSSR count). The van der Waals surface area contributed by atoms with E-state index in [4.69, 9.17) is 5.73 Å². The number of halogens is 2. The molecule has 2 aliphatic carbocycles. The molecule has 0 spiro atoms. The lowest BCUT2D eigenvalue weighted by Crippen LogP contribution is -2.52. The summed E-state index contributed by atoms with van der Waals surface area (Å²) in [5.74, 6) is 0.221. The molecule has 1 amide bonds. The molecule has 120 valence electrons. The number of nitrogens with zero attached hydrogens (tertiary/aromatic N) is 1. The molecule has 2 saturated carbocycles. The van der Waals surface area contributed by atoms with Crippen LogP contribution in [0.1, 0.15) is 44.9 Å². The molecule has 0 aromatic rings. The van der Waals surface area contributed by atoms with Crippen LogP contribution in [0.3, 0.4) is 0 Å². The molecule has 0 aliphatic heterocycles. The van der Waals surface area contributed by atoms with E-state index in [1.807, 2.05) is 0 Å². The molecule has 2 atom stereocenters. The molecule has 0 saturated heterocycles. The highest BCUT2D eigenvalue weighted by atomic mass is 35.5. The van der Waals surface area contributed by atoms with E-state index in [0.29, 0.717) is 0 Å². The van der Waals surface area contributed by atoms with Crippen molar-refractivity contribution in [3.05, 3.63) is 0 Å². The van der Waals surface area contributed by atoms with Gasteiger partial charge in [-0.1, -0.05) is 19.3 Å². The van der Waals surface area contributed by atoms with E-state index in [1.165, 1.54) is 25.7 Å². The zero-order valence-electron chi connectivity index (χ0n) is 12.6. The standard InChI is InChI=1S/C14H27N3O.2ClH/c1-17(2)14(8-3-4-9-14)10-16-13(18)11-6-5-7-12(11)15;;/h11-12H,3-10,15H2,1-2H3,(H,16,18);2*1H. The molecule has 0 radical (unpaired) electrons. The van der Waals surface area contributed by atoms with Gasteiger partial charge in [0.15, 0.2) is 0 Å². The number of nitrogens with one attached hydrogen (secondary N) is 1. The smallest absolute Gasteiger partial charge is 0.224 e. The normalized spacial score (nSPS) is 27.8. The summed E-state index contributed by atoms with van der Waals surface area (Å²) >= 11 is 0. The minimum absolute atomic E-state index is 0. The number of hydrogen-bond acceptors (Lipinski definition) is 3. The molecule has 2 unspecified atom stereocenters. The Morgan fingerprint density at radius 1 is 1.20 bits per heavy atom. The summed E-state index contributed by atoms with van der Waals surface area (Å²) in [5.41, 5.74) is 6.16. The maximum atomic E-state index is 12.2. The van der Waals surface area contributed by atoms with Gasteiger partial charge < -0.3 is 16.0 Å². The number of likely N-dealkylation sites (N-methyl/N-ethyl adjacent to an activating group) is 1. The molecule has 0 aromatic heterocycles. The van der Waals surface area contributed by atoms with Gasteiger partial charge in [0, 0.05) is 18.1 Å². The Balaban J connectivity index is 0.00000180. The van der Waals surface area contributed by atoms with E-state index in [9.17, 15) is 4.79 Å². The number of nitrogens with two attached hydrogens (primary N) is 1. The Bertz CT molecular complexity index is 307. The van der Waals surface area contributed by atoms with Crippen LogP contribution in [-0.2, 0) is 4.79 Å². The molecule has 0 aromatic carbocycles. The van der Waals surface area contributed by atoms with Crippen LogP contribution in [0.15, 0.2) is 0 Å². The quantitative estimate of drug-likeness (QED) is 0.830. The predicted octanol–water partition coefficient (Wildman–Crippen LogP) is 1.95. The molecule has 2 fully saturated rings. The van der Waals surface area contributed by atoms with Crippen molar-refractivity contribution in [3.8, 4) is 0 Å². The monoisotopic (exact) mass is 325 g/mol. The van der Waals surface area contributed by atoms with Crippen molar-refractivity contribution in [2.75, 3.05) is 20.6 Å². The number of carbonyl (C=O) groups excluding carboxylic acids is 1. The first-order valence-electron chi connectivity index (χ1n) is 7.26. The van der Waals surface area contributed by atoms with Crippen LogP contribution in [-0.4, -0.2) is 43.0 Å². The van der Waals surface area contributed by atoms with Crippen molar-refractivity contribution < 1.29 is 4.79 Å². The third kappa shape index (κ3) is 4.23. The van der Waals surface area contributed by atoms with Crippen LogP contribution in [0.5, 0.6) is 0 Å². The number of hydrogen-bond donors (Lipinski definition) is 2. The van der Waals surface area contributed by atoms with Crippen molar-refractivity contribution in [2.45, 2.75) is 56.5 Å². The van der Waals surface area contributed by atoms with Crippen LogP contribution < -0.4 is 11.1 Å². The van der Waals surface area contributed by atoms with Gasteiger partial charge in [-0.3, -0.25) is 4.79 Å². The molecule has 6 heteroatoms. The van der Waals surface area contributed by atoms with Crippen LogP contribution in [0.4, 0.5) is 0 Å². The van der Waals surface area contributed by atoms with E-state index < -0.39 is 0 Å². The molecular weight excluding hydrogens is 297 g/mol. The fourth-order valence-electron chi connectivity index (χ4n) is 3.51. The first kappa shape index (κ1) is 20.0. The van der Waals surface area contributed by atoms with Gasteiger partial charge in [0.2, 0.25) is 5.91 Å². The predicted molar refractivity (Wildman–Crippen MR) is 87.7 cm³/mol. The lowest BCUT2D eigenvalue weighted by atomic mass is 9.95. The Hall–Kier alpha value is -0.0300. The minimum Gasteiger partial charge on any atom is -0.354 e. The van der Waals surface area contributed by atoms with Crippen molar-refractivity contribution in [3.63, 3.8) is 0 Å². The van der Waals surface area contributed by atoms with Crippen molar-refractivity contribution in [1.82, 2.24) is 10.2 Å². The highest BCUT2D eigenvalue weighted by molar-refractivity contribution is 5.85. The van der Waals surface area contributed by atoms with E-state index in [-0.39, 0.29) is 48.2 Å². The number of amides is 1. The summed E-state index contributed by atoms with van der Waals surface area (Å²) in [6, 6.07) is 0.0730. The summed E-state index contributed by atoms with van der Waals surface area (Å²) in [6.07, 6.45) is 7.99. The lowest BCUT2D eigenvalue weighted by molar-refractivity contribution is -0.125. The second-order valence-corrected chi connectivity index (χ2v) is 6.24. The Morgan fingerprint density at radius 3 is 2.25 bits per heavy atom. The summed E-state index contributed by atoms with van der Waals surface area (Å²) in [6.45, 7) is 0.780. The van der Waals surface area contributed by atoms with Gasteiger partial charge in [0.25, 0.3) is 0 Å². The van der Waals surface area contributed by atoms with Gasteiger partial charge in [-0.15, -0.1) is 24.8 Å². The second kappa shape index (κ2) is 8.42. The van der Waals surface area contributed by atoms with Gasteiger partial charge in [-0.2, -0.15) is 0 Å². The fourth-order valence-corrected chi connectivity index (χ4v) is 3.51. The van der Waals surface area contributed by atoms with Crippen molar-refractivity contribution in [1.29, 1.82) is 0 Å². The van der Waals surface area contributed by atoms with Gasteiger partial charge in [-0.05, 0) is 39.8 Å². The first-order chi connectivity index (χ1) is 8.55. The third-order valence-corrected chi connectivity index (χ3v) is 4.98. The zero-order chi connectivity index (χ0) is 13.2. The van der Waals surface area contributed by atoms with Crippen LogP contribution >= 0.6 is 24.8 Å². The van der Waals surface area contributed by atoms with Gasteiger partial charge in [-0.25, -0.2) is 0 Å². The second-order valence-electron chi connectivity index (χ2n) is 6.24. The van der Waals surface area contributed by atoms with Gasteiger partial charge in [0.1, 0.15) is 0 Å². The average molecular weight is 326 g/mol. The molecule has 2 aliphatic rings. The maximum Gasteiger partial charge on any atom is 0.224 e. The molecule has 4 nitrogen and oxygen atoms in total. The SMILES string of the molecule is CN(C)C1(CNC(=O)C2CCCC2N)CCCC1.Cl.Cl. The minimum atomic E-state index is 0. The summed E-state index contributed by atoms with van der Waals surface area (Å²) < 4.78 is 0. The highest BCUT2D eigenvalue weighted by Crippen LogP contribution is 2.33. The average Bonchev–Trinajstić information content (AvgIpc) is 2.95. The van der Waals surface area contributed by atoms with E-state index in [2.05, 4.69) is 24.3 Å². The van der Waals surface area contributed by atoms with E-state index in [1.54, 1.807) is 0 Å². The summed E-state index contributed by atoms with van der Waals surface area (Å²) in [7, 11) is 4.25.